The Bertz CT molecular complexity index is 1280. The molecule has 1 heterocycles. The Balaban J connectivity index is 1.15. The van der Waals surface area contributed by atoms with E-state index in [1.54, 1.807) is 0 Å². The van der Waals surface area contributed by atoms with Crippen LogP contribution in [0.4, 0.5) is 5.69 Å². The molecule has 37 heavy (non-hydrogen) atoms. The van der Waals surface area contributed by atoms with E-state index < -0.39 is 0 Å². The van der Waals surface area contributed by atoms with E-state index in [0.717, 1.165) is 54.7 Å². The number of hydrogen-bond donors (Lipinski definition) is 1. The highest BCUT2D eigenvalue weighted by atomic mass is 32.2. The number of anilines is 1. The number of fused-ring (bicyclic) bond motifs is 3. The predicted molar refractivity (Wildman–Crippen MR) is 157 cm³/mol. The molecule has 6 rings (SSSR count). The topological polar surface area (TPSA) is 39.1 Å². The lowest BCUT2D eigenvalue weighted by Gasteiger charge is -2.35. The van der Waals surface area contributed by atoms with E-state index in [4.69, 9.17) is 0 Å². The fourth-order valence-electron chi connectivity index (χ4n) is 6.28. The summed E-state index contributed by atoms with van der Waals surface area (Å²) in [6.07, 6.45) is 3.92. The summed E-state index contributed by atoms with van der Waals surface area (Å²) in [5.41, 5.74) is 6.43. The van der Waals surface area contributed by atoms with Gasteiger partial charge in [0.05, 0.1) is 0 Å². The quantitative estimate of drug-likeness (QED) is 0.163. The van der Waals surface area contributed by atoms with Crippen molar-refractivity contribution in [2.24, 2.45) is 17.0 Å². The summed E-state index contributed by atoms with van der Waals surface area (Å²) in [6.45, 7) is 8.84. The first-order valence-corrected chi connectivity index (χ1v) is 15.1. The van der Waals surface area contributed by atoms with E-state index >= 15 is 0 Å². The summed E-state index contributed by atoms with van der Waals surface area (Å²) < 4.78 is 2.44. The van der Waals surface area contributed by atoms with Crippen molar-refractivity contribution in [3.05, 3.63) is 77.9 Å². The van der Waals surface area contributed by atoms with Gasteiger partial charge in [-0.1, -0.05) is 49.3 Å². The third kappa shape index (κ3) is 5.29. The maximum Gasteiger partial charge on any atom is 0.118 e. The Morgan fingerprint density at radius 1 is 0.730 bits per heavy atom. The minimum atomic E-state index is 0.667. The van der Waals surface area contributed by atoms with Crippen molar-refractivity contribution in [2.75, 3.05) is 31.1 Å². The summed E-state index contributed by atoms with van der Waals surface area (Å²) in [4.78, 5) is 4.93. The highest BCUT2D eigenvalue weighted by Crippen LogP contribution is 2.43. The van der Waals surface area contributed by atoms with Crippen LogP contribution in [0.1, 0.15) is 44.2 Å². The average Bonchev–Trinajstić information content (AvgIpc) is 3.21. The van der Waals surface area contributed by atoms with E-state index in [-0.39, 0.29) is 0 Å². The van der Waals surface area contributed by atoms with Crippen molar-refractivity contribution >= 4 is 35.1 Å². The number of nitrogens with zero attached hydrogens (tertiary/aromatic N) is 3. The maximum absolute atomic E-state index is 10.0. The molecular formula is C31H35N3OS2. The summed E-state index contributed by atoms with van der Waals surface area (Å²) in [7, 11) is 0. The zero-order valence-electron chi connectivity index (χ0n) is 21.6. The van der Waals surface area contributed by atoms with Crippen LogP contribution < -0.4 is 4.90 Å². The molecule has 2 aliphatic carbocycles. The van der Waals surface area contributed by atoms with Crippen molar-refractivity contribution in [1.82, 2.24) is 4.31 Å². The van der Waals surface area contributed by atoms with E-state index in [2.05, 4.69) is 94.9 Å². The van der Waals surface area contributed by atoms with Crippen LogP contribution in [0.3, 0.4) is 0 Å². The Morgan fingerprint density at radius 3 is 2.00 bits per heavy atom. The Kier molecular flexibility index (Phi) is 7.24. The number of piperazine rings is 1. The van der Waals surface area contributed by atoms with Crippen LogP contribution in [-0.4, -0.2) is 46.7 Å². The minimum Gasteiger partial charge on any atom is -0.410 e. The van der Waals surface area contributed by atoms with Gasteiger partial charge in [0.1, 0.15) is 5.71 Å². The molecular weight excluding hydrogens is 494 g/mol. The molecule has 0 aromatic heterocycles. The molecule has 4 nitrogen and oxygen atoms in total. The molecule has 2 fully saturated rings. The van der Waals surface area contributed by atoms with Gasteiger partial charge in [-0.25, -0.2) is 4.31 Å². The van der Waals surface area contributed by atoms with Gasteiger partial charge in [-0.15, -0.1) is 11.8 Å². The molecule has 3 atom stereocenters. The van der Waals surface area contributed by atoms with Crippen LogP contribution in [0.15, 0.2) is 81.7 Å². The normalized spacial score (nSPS) is 24.8. The van der Waals surface area contributed by atoms with Gasteiger partial charge in [-0.2, -0.15) is 0 Å². The van der Waals surface area contributed by atoms with Crippen molar-refractivity contribution in [2.45, 2.75) is 48.2 Å². The molecule has 3 aliphatic rings. The van der Waals surface area contributed by atoms with Gasteiger partial charge < -0.3 is 10.1 Å². The van der Waals surface area contributed by atoms with Gasteiger partial charge >= 0.3 is 0 Å². The van der Waals surface area contributed by atoms with E-state index in [1.165, 1.54) is 40.3 Å². The van der Waals surface area contributed by atoms with Crippen LogP contribution in [0.25, 0.3) is 11.1 Å². The van der Waals surface area contributed by atoms with Crippen molar-refractivity contribution in [1.29, 1.82) is 0 Å². The van der Waals surface area contributed by atoms with Crippen LogP contribution in [0, 0.1) is 11.8 Å². The first-order chi connectivity index (χ1) is 18.1. The summed E-state index contributed by atoms with van der Waals surface area (Å²) in [6, 6.07) is 24.0. The molecule has 1 unspecified atom stereocenters. The van der Waals surface area contributed by atoms with Crippen LogP contribution in [0.2, 0.25) is 0 Å². The molecule has 1 saturated heterocycles. The number of thioether (sulfide) groups is 1. The van der Waals surface area contributed by atoms with Gasteiger partial charge in [-0.05, 0) is 90.6 Å². The molecule has 3 aromatic carbocycles. The highest BCUT2D eigenvalue weighted by Gasteiger charge is 2.29. The second kappa shape index (κ2) is 10.8. The van der Waals surface area contributed by atoms with Crippen LogP contribution in [-0.2, 0) is 0 Å². The summed E-state index contributed by atoms with van der Waals surface area (Å²) in [5, 5.41) is 14.5. The molecule has 6 heteroatoms. The van der Waals surface area contributed by atoms with Gasteiger partial charge in [0.2, 0.25) is 0 Å². The number of benzene rings is 3. The van der Waals surface area contributed by atoms with Gasteiger partial charge in [0, 0.05) is 58.0 Å². The van der Waals surface area contributed by atoms with Crippen LogP contribution in [0.5, 0.6) is 0 Å². The SMILES string of the molecule is C[C@@H]1CC(Sc2ccc3c(c2)/C(=N/O)c2cc(SN4CCN(c5ccccc5)CC4)ccc2-3)C[C@H](C)C1. The van der Waals surface area contributed by atoms with Crippen LogP contribution >= 0.6 is 23.7 Å². The van der Waals surface area contributed by atoms with Gasteiger partial charge in [0.25, 0.3) is 0 Å². The Labute approximate surface area is 229 Å². The fraction of sp³-hybridized carbons (Fsp3) is 0.387. The van der Waals surface area contributed by atoms with E-state index in [9.17, 15) is 5.21 Å². The molecule has 0 amide bonds. The molecule has 1 saturated carbocycles. The van der Waals surface area contributed by atoms with Crippen molar-refractivity contribution in [3.63, 3.8) is 0 Å². The number of oxime groups is 1. The Morgan fingerprint density at radius 2 is 1.35 bits per heavy atom. The summed E-state index contributed by atoms with van der Waals surface area (Å²) in [5.74, 6) is 1.60. The second-order valence-electron chi connectivity index (χ2n) is 10.9. The second-order valence-corrected chi connectivity index (χ2v) is 13.4. The van der Waals surface area contributed by atoms with Crippen molar-refractivity contribution in [3.8, 4) is 11.1 Å². The lowest BCUT2D eigenvalue weighted by molar-refractivity contribution is 0.309. The molecule has 0 radical (unpaired) electrons. The molecule has 1 aliphatic heterocycles. The van der Waals surface area contributed by atoms with Gasteiger partial charge in [0.15, 0.2) is 0 Å². The van der Waals surface area contributed by atoms with Crippen molar-refractivity contribution < 1.29 is 5.21 Å². The maximum atomic E-state index is 10.0. The predicted octanol–water partition coefficient (Wildman–Crippen LogP) is 7.64. The first-order valence-electron chi connectivity index (χ1n) is 13.5. The third-order valence-corrected chi connectivity index (χ3v) is 10.2. The zero-order valence-corrected chi connectivity index (χ0v) is 23.3. The number of hydrogen-bond acceptors (Lipinski definition) is 6. The van der Waals surface area contributed by atoms with E-state index in [1.807, 2.05) is 23.7 Å². The fourth-order valence-corrected chi connectivity index (χ4v) is 8.79. The molecule has 0 spiro atoms. The Hall–Kier alpha value is -2.41. The number of rotatable bonds is 5. The monoisotopic (exact) mass is 529 g/mol. The lowest BCUT2D eigenvalue weighted by Crippen LogP contribution is -2.43. The lowest BCUT2D eigenvalue weighted by atomic mass is 9.83. The first kappa shape index (κ1) is 24.9. The molecule has 3 aromatic rings. The largest absolute Gasteiger partial charge is 0.410 e. The third-order valence-electron chi connectivity index (χ3n) is 7.91. The average molecular weight is 530 g/mol. The number of para-hydroxylation sites is 1. The van der Waals surface area contributed by atoms with E-state index in [0.29, 0.717) is 11.0 Å². The highest BCUT2D eigenvalue weighted by molar-refractivity contribution is 8.00. The molecule has 0 bridgehead atoms. The zero-order chi connectivity index (χ0) is 25.4. The summed E-state index contributed by atoms with van der Waals surface area (Å²) >= 11 is 3.81. The molecule has 192 valence electrons. The minimum absolute atomic E-state index is 0.667. The standard InChI is InChI=1S/C31H35N3OS2/c1-21-16-22(2)18-26(17-21)36-24-8-10-27-28-11-9-25(20-30(28)31(32-35)29(27)19-24)37-34-14-12-33(13-15-34)23-6-4-3-5-7-23/h3-11,19-22,26,35H,12-18H2,1-2H3/b32-31-/t21-,22+,26?. The van der Waals surface area contributed by atoms with Gasteiger partial charge in [-0.3, -0.25) is 0 Å². The smallest absolute Gasteiger partial charge is 0.118 e. The molecule has 1 N–H and O–H groups in total.